The average molecular weight is 1180 g/mol. The maximum atomic E-state index is 8.69. The molecule has 10 rings (SSSR count). The van der Waals surface area contributed by atoms with E-state index in [0.717, 1.165) is 44.1 Å². The Morgan fingerprint density at radius 2 is 1.19 bits per heavy atom. The molecule has 0 amide bonds. The van der Waals surface area contributed by atoms with E-state index in [1.807, 2.05) is 59.2 Å². The first-order valence-corrected chi connectivity index (χ1v) is 25.6. The molecular formula is C69H72N4OPt-2. The largest absolute Gasteiger partial charge is 0.510 e. The molecule has 0 N–H and O–H groups in total. The maximum absolute atomic E-state index is 8.69. The van der Waals surface area contributed by atoms with E-state index in [1.54, 1.807) is 0 Å². The molecule has 0 bridgehead atoms. The van der Waals surface area contributed by atoms with Gasteiger partial charge in [0.15, 0.2) is 0 Å². The minimum Gasteiger partial charge on any atom is -0.510 e. The monoisotopic (exact) mass is 1180 g/mol. The number of para-hydroxylation sites is 1. The molecule has 5 nitrogen and oxygen atoms in total. The number of benzene rings is 7. The zero-order valence-corrected chi connectivity index (χ0v) is 48.3. The van der Waals surface area contributed by atoms with Gasteiger partial charge in [0.25, 0.3) is 6.33 Å². The molecule has 3 heterocycles. The topological polar surface area (TPSA) is 35.9 Å². The first-order valence-electron chi connectivity index (χ1n) is 29.6. The second-order valence-electron chi connectivity index (χ2n) is 25.0. The smallest absolute Gasteiger partial charge is 0.268 e. The summed E-state index contributed by atoms with van der Waals surface area (Å²) in [5, 5.41) is 1.67. The molecular weight excluding hydrogens is 1100 g/mol. The zero-order chi connectivity index (χ0) is 59.7. The molecule has 75 heavy (non-hydrogen) atoms. The summed E-state index contributed by atoms with van der Waals surface area (Å²) in [6, 6.07) is 41.6. The number of hydrogen-bond donors (Lipinski definition) is 0. The van der Waals surface area contributed by atoms with Gasteiger partial charge in [0, 0.05) is 54.0 Å². The molecule has 7 aromatic carbocycles. The van der Waals surface area contributed by atoms with Crippen LogP contribution in [0.2, 0.25) is 0 Å². The molecule has 0 radical (unpaired) electrons. The van der Waals surface area contributed by atoms with E-state index in [-0.39, 0.29) is 70.6 Å². The molecule has 0 atom stereocenters. The summed E-state index contributed by atoms with van der Waals surface area (Å²) in [5.41, 5.74) is 12.2. The predicted octanol–water partition coefficient (Wildman–Crippen LogP) is 17.7. The van der Waals surface area contributed by atoms with E-state index in [1.165, 1.54) is 40.1 Å². The minimum atomic E-state index is -2.76. The molecule has 0 unspecified atom stereocenters. The van der Waals surface area contributed by atoms with E-state index in [9.17, 15) is 0 Å². The fourth-order valence-electron chi connectivity index (χ4n) is 9.81. The number of hydrogen-bond acceptors (Lipinski definition) is 2. The van der Waals surface area contributed by atoms with Gasteiger partial charge in [0.2, 0.25) is 0 Å². The van der Waals surface area contributed by atoms with E-state index in [2.05, 4.69) is 180 Å². The van der Waals surface area contributed by atoms with Crippen LogP contribution in [-0.2, 0) is 48.1 Å². The fourth-order valence-corrected chi connectivity index (χ4v) is 9.81. The molecule has 0 fully saturated rings. The van der Waals surface area contributed by atoms with Gasteiger partial charge in [0.05, 0.1) is 23.6 Å². The summed E-state index contributed by atoms with van der Waals surface area (Å²) in [6.45, 7) is 31.4. The Bertz CT molecular complexity index is 4120. The van der Waals surface area contributed by atoms with Gasteiger partial charge in [0.1, 0.15) is 5.82 Å². The van der Waals surface area contributed by atoms with Crippen molar-refractivity contribution in [3.63, 3.8) is 0 Å². The van der Waals surface area contributed by atoms with E-state index in [0.29, 0.717) is 22.7 Å². The van der Waals surface area contributed by atoms with E-state index in [4.69, 9.17) is 20.7 Å². The number of nitrogens with zero attached hydrogens (tertiary/aromatic N) is 4. The van der Waals surface area contributed by atoms with Crippen LogP contribution in [0.15, 0.2) is 146 Å². The number of imidazole rings is 1. The Hall–Kier alpha value is -6.55. The van der Waals surface area contributed by atoms with Crippen molar-refractivity contribution in [1.29, 1.82) is 0 Å². The second-order valence-corrected chi connectivity index (χ2v) is 25.0. The second kappa shape index (κ2) is 19.2. The van der Waals surface area contributed by atoms with E-state index >= 15 is 0 Å². The van der Waals surface area contributed by atoms with Crippen molar-refractivity contribution in [2.75, 3.05) is 0 Å². The summed E-state index contributed by atoms with van der Waals surface area (Å²) in [6.07, 6.45) is 5.17. The third-order valence-electron chi connectivity index (χ3n) is 14.1. The quantitative estimate of drug-likeness (QED) is 0.118. The van der Waals surface area contributed by atoms with Crippen molar-refractivity contribution in [3.8, 4) is 50.9 Å². The summed E-state index contributed by atoms with van der Waals surface area (Å²) in [7, 11) is 0. The Morgan fingerprint density at radius 3 is 1.81 bits per heavy atom. The molecule has 0 aliphatic heterocycles. The Morgan fingerprint density at radius 1 is 0.560 bits per heavy atom. The van der Waals surface area contributed by atoms with Crippen molar-refractivity contribution in [2.45, 2.75) is 138 Å². The van der Waals surface area contributed by atoms with Crippen LogP contribution >= 0.6 is 0 Å². The number of fused-ring (bicyclic) bond motifs is 4. The predicted molar refractivity (Wildman–Crippen MR) is 309 cm³/mol. The van der Waals surface area contributed by atoms with Gasteiger partial charge in [-0.15, -0.1) is 29.7 Å². The maximum Gasteiger partial charge on any atom is 0.268 e. The van der Waals surface area contributed by atoms with Crippen LogP contribution in [0.4, 0.5) is 0 Å². The Balaban J connectivity index is 0.00000828. The van der Waals surface area contributed by atoms with Gasteiger partial charge >= 0.3 is 0 Å². The van der Waals surface area contributed by atoms with Crippen LogP contribution in [0.5, 0.6) is 11.5 Å². The van der Waals surface area contributed by atoms with Gasteiger partial charge in [-0.2, -0.15) is 18.2 Å². The van der Waals surface area contributed by atoms with Crippen molar-refractivity contribution in [1.82, 2.24) is 14.1 Å². The zero-order valence-electron chi connectivity index (χ0n) is 54.0. The SMILES string of the molecule is [2H]c1c([2H])c([2H])c(-c2cnc(-n3c4[c-]c(Oc5[c-]c(-n6[c-][n+](-c7c(C(C)(C)C)cc(C(C)(C)C)cc7C(C)(C)C)c7ccc(-c8cc(C(C)(C)C)cc(C(C)(C)C)c8)cc76)ccc5)ccc4c4ccccc43)cc2C([2H])([2H])[2H])c([2H])c1[2H].[Pt]. The molecule has 6 heteroatoms. The molecule has 3 aromatic heterocycles. The van der Waals surface area contributed by atoms with E-state index < -0.39 is 37.1 Å². The van der Waals surface area contributed by atoms with Gasteiger partial charge < -0.3 is 13.9 Å². The van der Waals surface area contributed by atoms with Crippen LogP contribution < -0.4 is 9.30 Å². The number of aryl methyl sites for hydroxylation is 1. The third-order valence-corrected chi connectivity index (χ3v) is 14.1. The van der Waals surface area contributed by atoms with Gasteiger partial charge in [-0.1, -0.05) is 200 Å². The first kappa shape index (κ1) is 43.7. The summed E-state index contributed by atoms with van der Waals surface area (Å²) < 4.78 is 81.0. The molecule has 386 valence electrons. The molecule has 0 spiro atoms. The number of aromatic nitrogens is 4. The van der Waals surface area contributed by atoms with Crippen molar-refractivity contribution in [3.05, 3.63) is 197 Å². The summed E-state index contributed by atoms with van der Waals surface area (Å²) >= 11 is 0. The molecule has 0 saturated heterocycles. The minimum absolute atomic E-state index is 0. The van der Waals surface area contributed by atoms with Crippen molar-refractivity contribution >= 4 is 32.8 Å². The fraction of sp³-hybridized carbons (Fsp3) is 0.304. The average Bonchev–Trinajstić information content (AvgIpc) is 2.36. The van der Waals surface area contributed by atoms with Gasteiger partial charge in [-0.25, -0.2) is 4.98 Å². The number of ether oxygens (including phenoxy) is 1. The van der Waals surface area contributed by atoms with Crippen molar-refractivity contribution in [2.24, 2.45) is 0 Å². The molecule has 0 aliphatic carbocycles. The first-order chi connectivity index (χ1) is 38.0. The molecule has 0 saturated carbocycles. The Labute approximate surface area is 472 Å². The van der Waals surface area contributed by atoms with Crippen LogP contribution in [0, 0.1) is 25.3 Å². The van der Waals surface area contributed by atoms with Gasteiger partial charge in [-0.3, -0.25) is 4.57 Å². The van der Waals surface area contributed by atoms with Crippen LogP contribution in [0.1, 0.15) is 148 Å². The normalized spacial score (nSPS) is 14.4. The molecule has 0 aliphatic rings. The van der Waals surface area contributed by atoms with Crippen LogP contribution in [-0.4, -0.2) is 14.1 Å². The summed E-state index contributed by atoms with van der Waals surface area (Å²) in [4.78, 5) is 4.75. The number of rotatable bonds is 7. The van der Waals surface area contributed by atoms with Crippen LogP contribution in [0.3, 0.4) is 0 Å². The standard InChI is InChI=1S/C69H72N4O.Pt/c1-44-33-63(70-42-56(44)45-23-18-17-19-24-45)73-59-28-21-20-27-54(59)55-31-30-53(41-61(55)73)74-52-26-22-25-51(40-52)71-43-72(64-57(68(11,12)13)38-50(67(8,9)10)39-58(64)69(14,15)16)60-32-29-46(36-62(60)71)47-34-48(65(2,3)4)37-49(35-47)66(5,6)7;/h17-39,42H,1-16H3;/q-2;/i1D3,17D,18D,19D,23D,24D;. The van der Waals surface area contributed by atoms with Crippen LogP contribution in [0.25, 0.3) is 72.3 Å². The Kier molecular flexibility index (Phi) is 11.2. The molecule has 10 aromatic rings. The van der Waals surface area contributed by atoms with Crippen molar-refractivity contribution < 1.29 is 41.3 Å². The van der Waals surface area contributed by atoms with Gasteiger partial charge in [-0.05, 0) is 113 Å². The number of pyridine rings is 1. The summed E-state index contributed by atoms with van der Waals surface area (Å²) in [5.74, 6) is 1.02. The third kappa shape index (κ3) is 10.3.